The summed E-state index contributed by atoms with van der Waals surface area (Å²) >= 11 is 0. The largest absolute Gasteiger partial charge is 0.384 e. The maximum Gasteiger partial charge on any atom is 0.256 e. The molecule has 0 aliphatic heterocycles. The second-order valence-corrected chi connectivity index (χ2v) is 4.63. The van der Waals surface area contributed by atoms with Gasteiger partial charge in [0, 0.05) is 17.3 Å². The number of benzene rings is 1. The van der Waals surface area contributed by atoms with Crippen molar-refractivity contribution in [1.82, 2.24) is 4.98 Å². The van der Waals surface area contributed by atoms with E-state index in [1.807, 2.05) is 32.0 Å². The first-order valence-corrected chi connectivity index (χ1v) is 6.54. The van der Waals surface area contributed by atoms with Crippen LogP contribution in [0.5, 0.6) is 0 Å². The molecule has 21 heavy (non-hydrogen) atoms. The first kappa shape index (κ1) is 14.8. The number of amides is 1. The van der Waals surface area contributed by atoms with Crippen LogP contribution in [0.25, 0.3) is 0 Å². The summed E-state index contributed by atoms with van der Waals surface area (Å²) in [6, 6.07) is 7.22. The summed E-state index contributed by atoms with van der Waals surface area (Å²) in [5.74, 6) is 5.17. The molecular weight excluding hydrogens is 264 g/mol. The third kappa shape index (κ3) is 3.68. The zero-order valence-corrected chi connectivity index (χ0v) is 12.0. The summed E-state index contributed by atoms with van der Waals surface area (Å²) in [5.41, 5.74) is 3.76. The van der Waals surface area contributed by atoms with Crippen LogP contribution in [0, 0.1) is 25.7 Å². The molecule has 0 aliphatic carbocycles. The number of aryl methyl sites for hydroxylation is 2. The normalized spacial score (nSPS) is 9.67. The molecule has 0 saturated carbocycles. The van der Waals surface area contributed by atoms with E-state index in [-0.39, 0.29) is 12.5 Å². The predicted octanol–water partition coefficient (Wildman–Crippen LogP) is 2.29. The van der Waals surface area contributed by atoms with Crippen molar-refractivity contribution < 1.29 is 9.90 Å². The second kappa shape index (κ2) is 6.69. The molecule has 1 aromatic carbocycles. The van der Waals surface area contributed by atoms with Crippen LogP contribution in [0.1, 0.15) is 27.0 Å². The van der Waals surface area contributed by atoms with Gasteiger partial charge in [0.05, 0.1) is 11.9 Å². The third-order valence-corrected chi connectivity index (χ3v) is 3.08. The van der Waals surface area contributed by atoms with Crippen LogP contribution in [0.15, 0.2) is 36.7 Å². The average molecular weight is 280 g/mol. The molecule has 0 saturated heterocycles. The summed E-state index contributed by atoms with van der Waals surface area (Å²) in [5, 5.41) is 11.6. The van der Waals surface area contributed by atoms with Crippen LogP contribution in [-0.4, -0.2) is 22.6 Å². The Hall–Kier alpha value is -2.64. The van der Waals surface area contributed by atoms with Crippen molar-refractivity contribution >= 4 is 11.6 Å². The Balaban J connectivity index is 2.28. The summed E-state index contributed by atoms with van der Waals surface area (Å²) in [4.78, 5) is 16.4. The number of hydrogen-bond acceptors (Lipinski definition) is 3. The van der Waals surface area contributed by atoms with Crippen LogP contribution in [0.4, 0.5) is 5.69 Å². The van der Waals surface area contributed by atoms with Gasteiger partial charge in [0.2, 0.25) is 0 Å². The Morgan fingerprint density at radius 2 is 2.10 bits per heavy atom. The van der Waals surface area contributed by atoms with Crippen LogP contribution in [0.2, 0.25) is 0 Å². The van der Waals surface area contributed by atoms with Crippen molar-refractivity contribution in [2.75, 3.05) is 11.9 Å². The molecule has 2 N–H and O–H groups in total. The van der Waals surface area contributed by atoms with Gasteiger partial charge in [-0.05, 0) is 43.2 Å². The molecule has 2 rings (SSSR count). The first-order valence-electron chi connectivity index (χ1n) is 6.54. The lowest BCUT2D eigenvalue weighted by molar-refractivity contribution is 0.102. The van der Waals surface area contributed by atoms with E-state index in [1.165, 1.54) is 0 Å². The summed E-state index contributed by atoms with van der Waals surface area (Å²) in [6.45, 7) is 3.58. The number of rotatable bonds is 2. The van der Waals surface area contributed by atoms with Crippen LogP contribution < -0.4 is 5.32 Å². The number of carbonyl (C=O) groups excluding carboxylic acids is 1. The van der Waals surface area contributed by atoms with Crippen LogP contribution in [-0.2, 0) is 0 Å². The molecule has 0 spiro atoms. The highest BCUT2D eigenvalue weighted by Crippen LogP contribution is 2.16. The molecule has 0 bridgehead atoms. The van der Waals surface area contributed by atoms with E-state index >= 15 is 0 Å². The molecule has 4 nitrogen and oxygen atoms in total. The maximum absolute atomic E-state index is 12.4. The fourth-order valence-electron chi connectivity index (χ4n) is 1.87. The molecule has 4 heteroatoms. The van der Waals surface area contributed by atoms with Crippen molar-refractivity contribution in [3.63, 3.8) is 0 Å². The van der Waals surface area contributed by atoms with E-state index in [4.69, 9.17) is 5.11 Å². The van der Waals surface area contributed by atoms with Gasteiger partial charge in [-0.3, -0.25) is 9.78 Å². The Labute approximate surface area is 123 Å². The zero-order valence-electron chi connectivity index (χ0n) is 12.0. The number of aliphatic hydroxyl groups excluding tert-OH is 1. The molecule has 0 atom stereocenters. The van der Waals surface area contributed by atoms with Gasteiger partial charge >= 0.3 is 0 Å². The number of anilines is 1. The quantitative estimate of drug-likeness (QED) is 0.830. The highest BCUT2D eigenvalue weighted by atomic mass is 16.2. The Kier molecular flexibility index (Phi) is 4.70. The zero-order chi connectivity index (χ0) is 15.2. The Morgan fingerprint density at radius 3 is 2.81 bits per heavy atom. The maximum atomic E-state index is 12.4. The fraction of sp³-hybridized carbons (Fsp3) is 0.176. The number of aromatic nitrogens is 1. The highest BCUT2D eigenvalue weighted by molar-refractivity contribution is 6.05. The molecule has 1 amide bonds. The monoisotopic (exact) mass is 280 g/mol. The van der Waals surface area contributed by atoms with E-state index in [0.29, 0.717) is 16.8 Å². The lowest BCUT2D eigenvalue weighted by Crippen LogP contribution is -2.14. The Morgan fingerprint density at radius 1 is 1.29 bits per heavy atom. The van der Waals surface area contributed by atoms with Gasteiger partial charge in [-0.15, -0.1) is 0 Å². The SMILES string of the molecule is Cc1ccncc1NC(=O)c1cc(C#CCO)ccc1C. The predicted molar refractivity (Wildman–Crippen MR) is 82.1 cm³/mol. The summed E-state index contributed by atoms with van der Waals surface area (Å²) in [7, 11) is 0. The van der Waals surface area contributed by atoms with Crippen molar-refractivity contribution in [3.8, 4) is 11.8 Å². The van der Waals surface area contributed by atoms with Crippen molar-refractivity contribution in [3.05, 3.63) is 58.9 Å². The lowest BCUT2D eigenvalue weighted by Gasteiger charge is -2.09. The molecule has 1 aromatic heterocycles. The molecule has 106 valence electrons. The van der Waals surface area contributed by atoms with Crippen molar-refractivity contribution in [2.24, 2.45) is 0 Å². The van der Waals surface area contributed by atoms with Crippen molar-refractivity contribution in [1.29, 1.82) is 0 Å². The first-order chi connectivity index (χ1) is 10.1. The van der Waals surface area contributed by atoms with Crippen LogP contribution >= 0.6 is 0 Å². The van der Waals surface area contributed by atoms with Gasteiger partial charge in [0.1, 0.15) is 6.61 Å². The van der Waals surface area contributed by atoms with Gasteiger partial charge in [-0.1, -0.05) is 17.9 Å². The molecular formula is C17H16N2O2. The minimum absolute atomic E-state index is 0.198. The number of pyridine rings is 1. The standard InChI is InChI=1S/C17H16N2O2/c1-12-5-6-14(4-3-9-20)10-15(12)17(21)19-16-11-18-8-7-13(16)2/h5-8,10-11,20H,9H2,1-2H3,(H,19,21). The van der Waals surface area contributed by atoms with E-state index in [0.717, 1.165) is 11.1 Å². The smallest absolute Gasteiger partial charge is 0.256 e. The number of aliphatic hydroxyl groups is 1. The van der Waals surface area contributed by atoms with Gasteiger partial charge in [0.25, 0.3) is 5.91 Å². The van der Waals surface area contributed by atoms with Gasteiger partial charge < -0.3 is 10.4 Å². The molecule has 0 fully saturated rings. The van der Waals surface area contributed by atoms with Gasteiger partial charge in [-0.2, -0.15) is 0 Å². The topological polar surface area (TPSA) is 62.2 Å². The molecule has 0 radical (unpaired) electrons. The van der Waals surface area contributed by atoms with E-state index < -0.39 is 0 Å². The fourth-order valence-corrected chi connectivity index (χ4v) is 1.87. The van der Waals surface area contributed by atoms with E-state index in [1.54, 1.807) is 18.5 Å². The van der Waals surface area contributed by atoms with Gasteiger partial charge in [-0.25, -0.2) is 0 Å². The van der Waals surface area contributed by atoms with Crippen LogP contribution in [0.3, 0.4) is 0 Å². The minimum atomic E-state index is -0.204. The van der Waals surface area contributed by atoms with Crippen molar-refractivity contribution in [2.45, 2.75) is 13.8 Å². The summed E-state index contributed by atoms with van der Waals surface area (Å²) in [6.07, 6.45) is 3.30. The number of nitrogens with zero attached hydrogens (tertiary/aromatic N) is 1. The second-order valence-electron chi connectivity index (χ2n) is 4.63. The molecule has 0 unspecified atom stereocenters. The minimum Gasteiger partial charge on any atom is -0.384 e. The third-order valence-electron chi connectivity index (χ3n) is 3.08. The van der Waals surface area contributed by atoms with E-state index in [9.17, 15) is 4.79 Å². The average Bonchev–Trinajstić information content (AvgIpc) is 2.48. The number of hydrogen-bond donors (Lipinski definition) is 2. The number of nitrogens with one attached hydrogen (secondary N) is 1. The molecule has 0 aliphatic rings. The number of carbonyl (C=O) groups is 1. The summed E-state index contributed by atoms with van der Waals surface area (Å²) < 4.78 is 0. The van der Waals surface area contributed by atoms with Gasteiger partial charge in [0.15, 0.2) is 0 Å². The Bertz CT molecular complexity index is 727. The lowest BCUT2D eigenvalue weighted by atomic mass is 10.0. The highest BCUT2D eigenvalue weighted by Gasteiger charge is 2.11. The molecule has 2 aromatic rings. The van der Waals surface area contributed by atoms with E-state index in [2.05, 4.69) is 22.1 Å². The molecule has 1 heterocycles.